The van der Waals surface area contributed by atoms with Crippen molar-refractivity contribution in [2.24, 2.45) is 0 Å². The molecule has 0 aliphatic carbocycles. The molecule has 8 heteroatoms. The number of rotatable bonds is 4. The van der Waals surface area contributed by atoms with Gasteiger partial charge in [0.2, 0.25) is 5.88 Å². The van der Waals surface area contributed by atoms with E-state index in [-0.39, 0.29) is 10.5 Å². The summed E-state index contributed by atoms with van der Waals surface area (Å²) in [6.45, 7) is 1.90. The monoisotopic (exact) mass is 413 g/mol. The highest BCUT2D eigenvalue weighted by molar-refractivity contribution is 7.90. The van der Waals surface area contributed by atoms with Crippen LogP contribution in [0.2, 0.25) is 5.02 Å². The van der Waals surface area contributed by atoms with Gasteiger partial charge in [0, 0.05) is 29.4 Å². The summed E-state index contributed by atoms with van der Waals surface area (Å²) < 4.78 is 33.3. The molecule has 0 aliphatic rings. The number of benzene rings is 1. The Morgan fingerprint density at radius 3 is 2.43 bits per heavy atom. The Bertz CT molecular complexity index is 1260. The van der Waals surface area contributed by atoms with Crippen molar-refractivity contribution in [2.75, 3.05) is 7.11 Å². The molecule has 142 valence electrons. The van der Waals surface area contributed by atoms with Gasteiger partial charge in [0.1, 0.15) is 0 Å². The number of fused-ring (bicyclic) bond motifs is 1. The van der Waals surface area contributed by atoms with Gasteiger partial charge < -0.3 is 4.74 Å². The van der Waals surface area contributed by atoms with E-state index >= 15 is 0 Å². The van der Waals surface area contributed by atoms with Gasteiger partial charge in [0.15, 0.2) is 5.65 Å². The van der Waals surface area contributed by atoms with Gasteiger partial charge in [-0.2, -0.15) is 0 Å². The van der Waals surface area contributed by atoms with Crippen molar-refractivity contribution in [1.29, 1.82) is 0 Å². The second-order valence-corrected chi connectivity index (χ2v) is 8.43. The van der Waals surface area contributed by atoms with Gasteiger partial charge in [-0.25, -0.2) is 22.4 Å². The lowest BCUT2D eigenvalue weighted by atomic mass is 10.2. The summed E-state index contributed by atoms with van der Waals surface area (Å²) in [5.41, 5.74) is 2.26. The average molecular weight is 414 g/mol. The first kappa shape index (κ1) is 18.5. The van der Waals surface area contributed by atoms with E-state index in [1.807, 2.05) is 6.92 Å². The van der Waals surface area contributed by atoms with Gasteiger partial charge >= 0.3 is 0 Å². The third-order valence-electron chi connectivity index (χ3n) is 4.41. The van der Waals surface area contributed by atoms with E-state index in [9.17, 15) is 8.42 Å². The van der Waals surface area contributed by atoms with Gasteiger partial charge in [-0.05, 0) is 37.3 Å². The Kier molecular flexibility index (Phi) is 4.56. The van der Waals surface area contributed by atoms with E-state index in [4.69, 9.17) is 16.3 Å². The fourth-order valence-electron chi connectivity index (χ4n) is 2.96. The van der Waals surface area contributed by atoms with Crippen LogP contribution in [0.3, 0.4) is 0 Å². The van der Waals surface area contributed by atoms with Gasteiger partial charge in [0.05, 0.1) is 22.7 Å². The second-order valence-electron chi connectivity index (χ2n) is 6.23. The van der Waals surface area contributed by atoms with Crippen LogP contribution in [-0.4, -0.2) is 29.5 Å². The molecule has 0 saturated carbocycles. The Hall–Kier alpha value is -2.90. The molecule has 1 aromatic carbocycles. The van der Waals surface area contributed by atoms with Crippen molar-refractivity contribution in [3.05, 3.63) is 71.5 Å². The van der Waals surface area contributed by atoms with Crippen LogP contribution in [0, 0.1) is 6.92 Å². The van der Waals surface area contributed by atoms with Crippen LogP contribution in [0.15, 0.2) is 65.8 Å². The number of aryl methyl sites for hydroxylation is 1. The zero-order valence-electron chi connectivity index (χ0n) is 15.1. The molecule has 0 atom stereocenters. The highest BCUT2D eigenvalue weighted by Gasteiger charge is 2.25. The molecule has 0 aliphatic heterocycles. The number of pyridine rings is 2. The number of nitrogens with zero attached hydrogens (tertiary/aromatic N) is 3. The van der Waals surface area contributed by atoms with E-state index in [1.165, 1.54) is 17.3 Å². The smallest absolute Gasteiger partial charge is 0.269 e. The maximum absolute atomic E-state index is 13.5. The van der Waals surface area contributed by atoms with Crippen molar-refractivity contribution in [3.63, 3.8) is 0 Å². The highest BCUT2D eigenvalue weighted by atomic mass is 35.5. The van der Waals surface area contributed by atoms with Crippen LogP contribution in [0.5, 0.6) is 5.88 Å². The van der Waals surface area contributed by atoms with Crippen molar-refractivity contribution < 1.29 is 13.2 Å². The maximum Gasteiger partial charge on any atom is 0.269 e. The summed E-state index contributed by atoms with van der Waals surface area (Å²) in [7, 11) is -2.40. The first-order valence-corrected chi connectivity index (χ1v) is 10.2. The largest absolute Gasteiger partial charge is 0.481 e. The summed E-state index contributed by atoms with van der Waals surface area (Å²) in [5.74, 6) is 0.434. The fraction of sp³-hybridized carbons (Fsp3) is 0.100. The van der Waals surface area contributed by atoms with Gasteiger partial charge in [-0.1, -0.05) is 29.3 Å². The zero-order chi connectivity index (χ0) is 19.9. The minimum Gasteiger partial charge on any atom is -0.481 e. The molecule has 3 heterocycles. The predicted molar refractivity (Wildman–Crippen MR) is 108 cm³/mol. The van der Waals surface area contributed by atoms with Gasteiger partial charge in [-0.3, -0.25) is 0 Å². The van der Waals surface area contributed by atoms with Crippen LogP contribution in [0.4, 0.5) is 0 Å². The molecule has 0 N–H and O–H groups in total. The first-order valence-electron chi connectivity index (χ1n) is 8.40. The standard InChI is InChI=1S/C20H16ClN3O3S/c1-13-3-6-15(7-4-13)28(25,26)24-18(14-5-8-19(27-2)23-12-14)11-16-17(21)9-10-22-20(16)24/h3-12H,1-2H3. The zero-order valence-corrected chi connectivity index (χ0v) is 16.7. The molecule has 6 nitrogen and oxygen atoms in total. The van der Waals surface area contributed by atoms with Gasteiger partial charge in [0.25, 0.3) is 10.0 Å². The number of ether oxygens (including phenoxy) is 1. The second kappa shape index (κ2) is 6.92. The third-order valence-corrected chi connectivity index (χ3v) is 6.46. The van der Waals surface area contributed by atoms with Crippen molar-refractivity contribution in [2.45, 2.75) is 11.8 Å². The third kappa shape index (κ3) is 3.02. The van der Waals surface area contributed by atoms with E-state index < -0.39 is 10.0 Å². The van der Waals surface area contributed by atoms with E-state index in [1.54, 1.807) is 54.7 Å². The predicted octanol–water partition coefficient (Wildman–Crippen LogP) is 4.31. The summed E-state index contributed by atoms with van der Waals surface area (Å²) >= 11 is 6.31. The fourth-order valence-corrected chi connectivity index (χ4v) is 4.63. The minimum atomic E-state index is -3.91. The molecule has 0 fully saturated rings. The Labute approximate surface area is 167 Å². The lowest BCUT2D eigenvalue weighted by molar-refractivity contribution is 0.398. The Morgan fingerprint density at radius 1 is 1.04 bits per heavy atom. The Morgan fingerprint density at radius 2 is 1.79 bits per heavy atom. The molecule has 3 aromatic heterocycles. The lowest BCUT2D eigenvalue weighted by Crippen LogP contribution is -2.14. The van der Waals surface area contributed by atoms with Gasteiger partial charge in [-0.15, -0.1) is 0 Å². The van der Waals surface area contributed by atoms with Crippen molar-refractivity contribution in [3.8, 4) is 17.1 Å². The molecule has 0 bridgehead atoms. The van der Waals surface area contributed by atoms with Crippen LogP contribution >= 0.6 is 11.6 Å². The molecular weight excluding hydrogens is 398 g/mol. The number of methoxy groups -OCH3 is 1. The molecule has 0 radical (unpaired) electrons. The SMILES string of the molecule is COc1ccc(-c2cc3c(Cl)ccnc3n2S(=O)(=O)c2ccc(C)cc2)cn1. The molecule has 0 spiro atoms. The molecule has 4 rings (SSSR count). The van der Waals surface area contributed by atoms with Crippen LogP contribution < -0.4 is 4.74 Å². The van der Waals surface area contributed by atoms with Crippen molar-refractivity contribution in [1.82, 2.24) is 13.9 Å². The molecule has 4 aromatic rings. The Balaban J connectivity index is 2.03. The average Bonchev–Trinajstić information content (AvgIpc) is 3.10. The molecular formula is C20H16ClN3O3S. The summed E-state index contributed by atoms with van der Waals surface area (Å²) in [6, 6.07) is 13.4. The van der Waals surface area contributed by atoms with E-state index in [0.717, 1.165) is 5.56 Å². The highest BCUT2D eigenvalue weighted by Crippen LogP contribution is 2.34. The molecule has 0 unspecified atom stereocenters. The lowest BCUT2D eigenvalue weighted by Gasteiger charge is -2.12. The number of hydrogen-bond donors (Lipinski definition) is 0. The van der Waals surface area contributed by atoms with E-state index in [0.29, 0.717) is 27.5 Å². The van der Waals surface area contributed by atoms with E-state index in [2.05, 4.69) is 9.97 Å². The normalized spacial score (nSPS) is 11.7. The van der Waals surface area contributed by atoms with Crippen LogP contribution in [0.1, 0.15) is 5.56 Å². The maximum atomic E-state index is 13.5. The minimum absolute atomic E-state index is 0.167. The molecule has 0 amide bonds. The number of aromatic nitrogens is 3. The van der Waals surface area contributed by atoms with Crippen LogP contribution in [0.25, 0.3) is 22.3 Å². The number of halogens is 1. The summed E-state index contributed by atoms with van der Waals surface area (Å²) in [5, 5.41) is 0.969. The number of hydrogen-bond acceptors (Lipinski definition) is 5. The summed E-state index contributed by atoms with van der Waals surface area (Å²) in [4.78, 5) is 8.64. The molecule has 28 heavy (non-hydrogen) atoms. The topological polar surface area (TPSA) is 74.1 Å². The first-order chi connectivity index (χ1) is 13.4. The van der Waals surface area contributed by atoms with Crippen LogP contribution in [-0.2, 0) is 10.0 Å². The molecule has 0 saturated heterocycles. The summed E-state index contributed by atoms with van der Waals surface area (Å²) in [6.07, 6.45) is 3.05. The van der Waals surface area contributed by atoms with Crippen molar-refractivity contribution >= 4 is 32.7 Å². The quantitative estimate of drug-likeness (QED) is 0.498.